The Balaban J connectivity index is 1.33. The van der Waals surface area contributed by atoms with Gasteiger partial charge >= 0.3 is 12.4 Å². The number of hydrogen-bond donors (Lipinski definition) is 2. The highest BCUT2D eigenvalue weighted by Crippen LogP contribution is 2.58. The molecule has 2 aliphatic heterocycles. The van der Waals surface area contributed by atoms with Crippen LogP contribution in [0.25, 0.3) is 21.5 Å². The normalized spacial score (nSPS) is 14.8. The number of phenolic OH excluding ortho intramolecular Hbond substituents is 2. The predicted molar refractivity (Wildman–Crippen MR) is 189 cm³/mol. The highest BCUT2D eigenvalue weighted by molar-refractivity contribution is 6.42. The maximum absolute atomic E-state index is 15.5. The van der Waals surface area contributed by atoms with E-state index in [-0.39, 0.29) is 75.8 Å². The van der Waals surface area contributed by atoms with Gasteiger partial charge in [0.1, 0.15) is 11.5 Å². The number of carbonyl (C=O) groups excluding carboxylic acids is 4. The van der Waals surface area contributed by atoms with Gasteiger partial charge in [0.25, 0.3) is 23.6 Å². The number of nitrogens with zero attached hydrogens (tertiary/aromatic N) is 2. The second kappa shape index (κ2) is 11.9. The van der Waals surface area contributed by atoms with Crippen molar-refractivity contribution in [3.63, 3.8) is 0 Å². The highest BCUT2D eigenvalue weighted by atomic mass is 35.5. The van der Waals surface area contributed by atoms with Gasteiger partial charge in [0, 0.05) is 53.8 Å². The van der Waals surface area contributed by atoms with E-state index in [1.165, 1.54) is 60.7 Å². The Kier molecular flexibility index (Phi) is 7.79. The molecule has 0 bridgehead atoms. The molecular formula is C39H18Cl2F6N2O6. The summed E-state index contributed by atoms with van der Waals surface area (Å²) in [5.41, 5.74) is -10.9. The van der Waals surface area contributed by atoms with E-state index in [0.29, 0.717) is 24.3 Å². The van der Waals surface area contributed by atoms with Gasteiger partial charge in [-0.3, -0.25) is 19.2 Å². The minimum absolute atomic E-state index is 0.0946. The monoisotopic (exact) mass is 794 g/mol. The number of rotatable bonds is 4. The number of hydrogen-bond acceptors (Lipinski definition) is 6. The average Bonchev–Trinajstić information content (AvgIpc) is 3.12. The molecule has 2 N–H and O–H groups in total. The van der Waals surface area contributed by atoms with Crippen molar-refractivity contribution < 1.29 is 55.7 Å². The minimum atomic E-state index is -6.27. The van der Waals surface area contributed by atoms with E-state index in [0.717, 1.165) is 0 Å². The second-order valence-corrected chi connectivity index (χ2v) is 13.5. The standard InChI is InChI=1S/C39H18Cl2F6N2O6/c40-25-11-9-23-31-19(25)3-1-5-21(31)33(52)48(35(23)54)27-15-17(7-13-29(27)50)37(38(42,43)44,39(45,46)47)18-8-14-30(51)28(16-18)49-34(53)22-6-2-4-20-26(41)12-10-24(32(20)22)36(49)55/h1-16,50-51H. The number of carbonyl (C=O) groups is 4. The molecule has 0 saturated heterocycles. The van der Waals surface area contributed by atoms with Crippen molar-refractivity contribution in [1.82, 2.24) is 0 Å². The second-order valence-electron chi connectivity index (χ2n) is 12.7. The minimum Gasteiger partial charge on any atom is -0.506 e. The van der Waals surface area contributed by atoms with E-state index in [1.807, 2.05) is 0 Å². The highest BCUT2D eigenvalue weighted by Gasteiger charge is 2.73. The van der Waals surface area contributed by atoms with E-state index in [4.69, 9.17) is 23.2 Å². The van der Waals surface area contributed by atoms with Gasteiger partial charge in [-0.15, -0.1) is 0 Å². The Hall–Kier alpha value is -6.12. The molecule has 8 rings (SSSR count). The molecule has 2 aliphatic rings. The fraction of sp³-hybridized carbons (Fsp3) is 0.0769. The van der Waals surface area contributed by atoms with Crippen molar-refractivity contribution in [3.8, 4) is 11.5 Å². The van der Waals surface area contributed by atoms with Crippen molar-refractivity contribution in [2.45, 2.75) is 17.8 Å². The molecule has 0 unspecified atom stereocenters. The summed E-state index contributed by atoms with van der Waals surface area (Å²) in [7, 11) is 0. The number of benzene rings is 6. The first-order valence-electron chi connectivity index (χ1n) is 15.9. The number of phenols is 2. The van der Waals surface area contributed by atoms with Crippen LogP contribution in [0.5, 0.6) is 11.5 Å². The van der Waals surface area contributed by atoms with Crippen LogP contribution in [0.2, 0.25) is 10.0 Å². The van der Waals surface area contributed by atoms with Gasteiger partial charge in [-0.25, -0.2) is 9.80 Å². The molecule has 8 nitrogen and oxygen atoms in total. The van der Waals surface area contributed by atoms with Crippen LogP contribution in [-0.2, 0) is 5.41 Å². The zero-order chi connectivity index (χ0) is 39.5. The number of amides is 4. The average molecular weight is 795 g/mol. The Morgan fingerprint density at radius 3 is 1.16 bits per heavy atom. The molecule has 0 atom stereocenters. The third-order valence-corrected chi connectivity index (χ3v) is 10.5. The summed E-state index contributed by atoms with van der Waals surface area (Å²) in [5, 5.41) is 22.8. The van der Waals surface area contributed by atoms with Crippen LogP contribution in [0.4, 0.5) is 37.7 Å². The summed E-state index contributed by atoms with van der Waals surface area (Å²) in [6, 6.07) is 15.5. The van der Waals surface area contributed by atoms with Crippen LogP contribution >= 0.6 is 23.2 Å². The van der Waals surface area contributed by atoms with Gasteiger partial charge in [0.2, 0.25) is 5.41 Å². The molecule has 4 amide bonds. The molecular weight excluding hydrogens is 777 g/mol. The molecule has 6 aromatic carbocycles. The molecule has 0 saturated carbocycles. The van der Waals surface area contributed by atoms with Crippen LogP contribution < -0.4 is 9.80 Å². The fourth-order valence-corrected chi connectivity index (χ4v) is 7.85. The van der Waals surface area contributed by atoms with E-state index in [2.05, 4.69) is 0 Å². The molecule has 16 heteroatoms. The van der Waals surface area contributed by atoms with E-state index in [1.54, 1.807) is 0 Å². The molecule has 0 aliphatic carbocycles. The lowest BCUT2D eigenvalue weighted by molar-refractivity contribution is -0.288. The third kappa shape index (κ3) is 4.87. The quantitative estimate of drug-likeness (QED) is 0.136. The van der Waals surface area contributed by atoms with Gasteiger partial charge in [-0.05, 0) is 71.8 Å². The molecule has 55 heavy (non-hydrogen) atoms. The van der Waals surface area contributed by atoms with Gasteiger partial charge in [-0.1, -0.05) is 59.6 Å². The zero-order valence-corrected chi connectivity index (χ0v) is 28.7. The smallest absolute Gasteiger partial charge is 0.411 e. The van der Waals surface area contributed by atoms with Crippen molar-refractivity contribution in [2.24, 2.45) is 0 Å². The molecule has 0 fully saturated rings. The summed E-state index contributed by atoms with van der Waals surface area (Å²) in [4.78, 5) is 55.7. The maximum Gasteiger partial charge on any atom is 0.411 e. The van der Waals surface area contributed by atoms with Crippen molar-refractivity contribution in [1.29, 1.82) is 0 Å². The number of imide groups is 2. The molecule has 6 aromatic rings. The van der Waals surface area contributed by atoms with Gasteiger partial charge < -0.3 is 10.2 Å². The molecule has 0 radical (unpaired) electrons. The fourth-order valence-electron chi connectivity index (χ4n) is 7.41. The molecule has 276 valence electrons. The Labute approximate surface area is 314 Å². The lowest BCUT2D eigenvalue weighted by Crippen LogP contribution is -2.55. The molecule has 0 spiro atoms. The zero-order valence-electron chi connectivity index (χ0n) is 27.2. The van der Waals surface area contributed by atoms with Crippen LogP contribution in [0.15, 0.2) is 97.1 Å². The van der Waals surface area contributed by atoms with Gasteiger partial charge in [-0.2, -0.15) is 26.3 Å². The van der Waals surface area contributed by atoms with Crippen molar-refractivity contribution in [3.05, 3.63) is 140 Å². The molecule has 0 aromatic heterocycles. The predicted octanol–water partition coefficient (Wildman–Crippen LogP) is 9.72. The van der Waals surface area contributed by atoms with E-state index < -0.39 is 75.4 Å². The SMILES string of the molecule is O=C1c2cccc3c(Cl)ccc(c23)C(=O)N1c1cc(C(c2ccc(O)c(N3C(=O)c4cccc5c(Cl)ccc(c45)C3=O)c2)(C(F)(F)F)C(F)(F)F)ccc1O. The maximum atomic E-state index is 15.5. The number of aromatic hydroxyl groups is 2. The van der Waals surface area contributed by atoms with Crippen LogP contribution in [0.3, 0.4) is 0 Å². The first-order valence-corrected chi connectivity index (χ1v) is 16.7. The topological polar surface area (TPSA) is 115 Å². The summed E-state index contributed by atoms with van der Waals surface area (Å²) in [6.45, 7) is 0. The largest absolute Gasteiger partial charge is 0.506 e. The summed E-state index contributed by atoms with van der Waals surface area (Å²) >= 11 is 12.5. The van der Waals surface area contributed by atoms with Crippen LogP contribution in [-0.4, -0.2) is 46.2 Å². The van der Waals surface area contributed by atoms with Gasteiger partial charge in [0.15, 0.2) is 0 Å². The molecule has 2 heterocycles. The Morgan fingerprint density at radius 2 is 0.818 bits per heavy atom. The lowest BCUT2D eigenvalue weighted by atomic mass is 9.72. The summed E-state index contributed by atoms with van der Waals surface area (Å²) in [6.07, 6.45) is -12.5. The first kappa shape index (κ1) is 35.9. The summed E-state index contributed by atoms with van der Waals surface area (Å²) in [5.74, 6) is -6.73. The Bertz CT molecular complexity index is 2520. The van der Waals surface area contributed by atoms with Crippen LogP contribution in [0, 0.1) is 0 Å². The number of anilines is 2. The van der Waals surface area contributed by atoms with Crippen molar-refractivity contribution >= 4 is 79.8 Å². The third-order valence-electron chi connectivity index (χ3n) is 9.86. The van der Waals surface area contributed by atoms with Crippen LogP contribution in [0.1, 0.15) is 52.6 Å². The summed E-state index contributed by atoms with van der Waals surface area (Å²) < 4.78 is 93.0. The number of halogens is 8. The lowest BCUT2D eigenvalue weighted by Gasteiger charge is -2.39. The first-order chi connectivity index (χ1) is 25.9. The van der Waals surface area contributed by atoms with Gasteiger partial charge in [0.05, 0.1) is 11.4 Å². The Morgan fingerprint density at radius 1 is 0.473 bits per heavy atom. The van der Waals surface area contributed by atoms with Crippen molar-refractivity contribution in [2.75, 3.05) is 9.80 Å². The van der Waals surface area contributed by atoms with E-state index in [9.17, 15) is 29.4 Å². The van der Waals surface area contributed by atoms with E-state index >= 15 is 26.3 Å². The number of alkyl halides is 6.